The van der Waals surface area contributed by atoms with Crippen molar-refractivity contribution in [1.29, 1.82) is 0 Å². The topological polar surface area (TPSA) is 51.0 Å². The lowest BCUT2D eigenvalue weighted by Gasteiger charge is -2.28. The van der Waals surface area contributed by atoms with Crippen molar-refractivity contribution in [1.82, 2.24) is 15.5 Å². The molecule has 0 radical (unpaired) electrons. The fraction of sp³-hybridized carbons (Fsp3) is 0.833. The summed E-state index contributed by atoms with van der Waals surface area (Å²) in [5.41, 5.74) is 0. The van der Waals surface area contributed by atoms with Gasteiger partial charge in [0.1, 0.15) is 6.42 Å². The lowest BCUT2D eigenvalue weighted by atomic mass is 9.90. The van der Waals surface area contributed by atoms with Gasteiger partial charge in [-0.05, 0) is 31.6 Å². The van der Waals surface area contributed by atoms with Crippen LogP contribution in [0.25, 0.3) is 0 Å². The van der Waals surface area contributed by atoms with Crippen molar-refractivity contribution in [2.45, 2.75) is 56.8 Å². The van der Waals surface area contributed by atoms with E-state index in [1.54, 1.807) is 0 Å². The maximum atomic E-state index is 12.2. The SMILES string of the molecule is FC(F)(F)Cc1noc(CC2CC3CCC(C2)N3)n1. The zero-order valence-electron chi connectivity index (χ0n) is 10.4. The molecule has 2 aliphatic heterocycles. The summed E-state index contributed by atoms with van der Waals surface area (Å²) in [6.45, 7) is 0. The van der Waals surface area contributed by atoms with Crippen LogP contribution in [0.1, 0.15) is 37.4 Å². The molecular formula is C12H16F3N3O. The molecule has 2 fully saturated rings. The molecule has 106 valence electrons. The number of alkyl halides is 3. The fourth-order valence-electron chi connectivity index (χ4n) is 3.21. The Balaban J connectivity index is 1.58. The Morgan fingerprint density at radius 1 is 1.21 bits per heavy atom. The van der Waals surface area contributed by atoms with Gasteiger partial charge in [0, 0.05) is 18.5 Å². The highest BCUT2D eigenvalue weighted by Crippen LogP contribution is 2.32. The predicted octanol–water partition coefficient (Wildman–Crippen LogP) is 2.25. The highest BCUT2D eigenvalue weighted by Gasteiger charge is 2.35. The molecule has 3 heterocycles. The number of nitrogens with one attached hydrogen (secondary N) is 1. The molecule has 3 rings (SSSR count). The molecular weight excluding hydrogens is 259 g/mol. The van der Waals surface area contributed by atoms with E-state index in [9.17, 15) is 13.2 Å². The first-order valence-electron chi connectivity index (χ1n) is 6.62. The monoisotopic (exact) mass is 275 g/mol. The van der Waals surface area contributed by atoms with Crippen LogP contribution in [-0.2, 0) is 12.8 Å². The second kappa shape index (κ2) is 4.77. The predicted molar refractivity (Wildman–Crippen MR) is 60.4 cm³/mol. The molecule has 19 heavy (non-hydrogen) atoms. The van der Waals surface area contributed by atoms with Crippen LogP contribution in [0, 0.1) is 5.92 Å². The van der Waals surface area contributed by atoms with Crippen LogP contribution in [0.2, 0.25) is 0 Å². The molecule has 0 aliphatic carbocycles. The zero-order valence-corrected chi connectivity index (χ0v) is 10.4. The van der Waals surface area contributed by atoms with Gasteiger partial charge in [-0.1, -0.05) is 5.16 Å². The summed E-state index contributed by atoms with van der Waals surface area (Å²) in [5, 5.41) is 6.93. The van der Waals surface area contributed by atoms with Gasteiger partial charge in [-0.3, -0.25) is 0 Å². The maximum Gasteiger partial charge on any atom is 0.396 e. The summed E-state index contributed by atoms with van der Waals surface area (Å²) in [7, 11) is 0. The van der Waals surface area contributed by atoms with Gasteiger partial charge in [0.05, 0.1) is 0 Å². The average molecular weight is 275 g/mol. The van der Waals surface area contributed by atoms with E-state index >= 15 is 0 Å². The molecule has 1 N–H and O–H groups in total. The summed E-state index contributed by atoms with van der Waals surface area (Å²) in [6.07, 6.45) is -0.307. The number of aromatic nitrogens is 2. The van der Waals surface area contributed by atoms with E-state index in [4.69, 9.17) is 4.52 Å². The van der Waals surface area contributed by atoms with Gasteiger partial charge in [-0.15, -0.1) is 0 Å². The van der Waals surface area contributed by atoms with Crippen molar-refractivity contribution in [2.24, 2.45) is 5.92 Å². The molecule has 2 aliphatic rings. The number of halogens is 3. The van der Waals surface area contributed by atoms with E-state index in [0.717, 1.165) is 12.8 Å². The Hall–Kier alpha value is -1.11. The van der Waals surface area contributed by atoms with Gasteiger partial charge in [0.15, 0.2) is 5.82 Å². The average Bonchev–Trinajstić information content (AvgIpc) is 2.84. The van der Waals surface area contributed by atoms with Crippen molar-refractivity contribution >= 4 is 0 Å². The lowest BCUT2D eigenvalue weighted by molar-refractivity contribution is -0.128. The van der Waals surface area contributed by atoms with E-state index in [-0.39, 0.29) is 5.82 Å². The van der Waals surface area contributed by atoms with E-state index in [2.05, 4.69) is 15.5 Å². The standard InChI is InChI=1S/C12H16F3N3O/c13-12(14,15)6-10-17-11(19-18-10)5-7-3-8-1-2-9(4-7)16-8/h7-9,16H,1-6H2. The van der Waals surface area contributed by atoms with Crippen LogP contribution < -0.4 is 5.32 Å². The van der Waals surface area contributed by atoms with Gasteiger partial charge in [-0.2, -0.15) is 18.2 Å². The van der Waals surface area contributed by atoms with Crippen LogP contribution in [-0.4, -0.2) is 28.4 Å². The van der Waals surface area contributed by atoms with E-state index in [1.807, 2.05) is 0 Å². The Morgan fingerprint density at radius 3 is 2.53 bits per heavy atom. The van der Waals surface area contributed by atoms with Crippen molar-refractivity contribution in [3.05, 3.63) is 11.7 Å². The molecule has 2 bridgehead atoms. The quantitative estimate of drug-likeness (QED) is 0.919. The summed E-state index contributed by atoms with van der Waals surface area (Å²) in [6, 6.07) is 1.11. The number of hydrogen-bond acceptors (Lipinski definition) is 4. The lowest BCUT2D eigenvalue weighted by Crippen LogP contribution is -2.38. The number of rotatable bonds is 3. The molecule has 0 spiro atoms. The van der Waals surface area contributed by atoms with Gasteiger partial charge in [-0.25, -0.2) is 0 Å². The molecule has 4 nitrogen and oxygen atoms in total. The molecule has 1 aromatic rings. The first-order valence-corrected chi connectivity index (χ1v) is 6.62. The molecule has 0 amide bonds. The normalized spacial score (nSPS) is 30.8. The van der Waals surface area contributed by atoms with Crippen LogP contribution in [0.5, 0.6) is 0 Å². The largest absolute Gasteiger partial charge is 0.396 e. The summed E-state index contributed by atoms with van der Waals surface area (Å²) < 4.78 is 41.5. The number of fused-ring (bicyclic) bond motifs is 2. The van der Waals surface area contributed by atoms with Gasteiger partial charge in [0.25, 0.3) is 0 Å². The van der Waals surface area contributed by atoms with E-state index < -0.39 is 12.6 Å². The van der Waals surface area contributed by atoms with E-state index in [1.165, 1.54) is 12.8 Å². The zero-order chi connectivity index (χ0) is 13.5. The van der Waals surface area contributed by atoms with Crippen LogP contribution in [0.15, 0.2) is 4.52 Å². The highest BCUT2D eigenvalue weighted by atomic mass is 19.4. The van der Waals surface area contributed by atoms with Gasteiger partial charge < -0.3 is 9.84 Å². The van der Waals surface area contributed by atoms with Crippen molar-refractivity contribution < 1.29 is 17.7 Å². The third-order valence-electron chi connectivity index (χ3n) is 3.90. The third kappa shape index (κ3) is 3.26. The second-order valence-electron chi connectivity index (χ2n) is 5.58. The smallest absolute Gasteiger partial charge is 0.339 e. The van der Waals surface area contributed by atoms with E-state index in [0.29, 0.717) is 30.3 Å². The van der Waals surface area contributed by atoms with Crippen LogP contribution >= 0.6 is 0 Å². The molecule has 0 aromatic carbocycles. The molecule has 0 saturated carbocycles. The third-order valence-corrected chi connectivity index (χ3v) is 3.90. The van der Waals surface area contributed by atoms with Crippen molar-refractivity contribution in [2.75, 3.05) is 0 Å². The Morgan fingerprint density at radius 2 is 1.89 bits per heavy atom. The summed E-state index contributed by atoms with van der Waals surface area (Å²) >= 11 is 0. The van der Waals surface area contributed by atoms with Gasteiger partial charge in [0.2, 0.25) is 5.89 Å². The minimum Gasteiger partial charge on any atom is -0.339 e. The Bertz CT molecular complexity index is 434. The number of piperidine rings is 1. The molecule has 7 heteroatoms. The van der Waals surface area contributed by atoms with Crippen LogP contribution in [0.4, 0.5) is 13.2 Å². The maximum absolute atomic E-state index is 12.2. The second-order valence-corrected chi connectivity index (χ2v) is 5.58. The number of hydrogen-bond donors (Lipinski definition) is 1. The fourth-order valence-corrected chi connectivity index (χ4v) is 3.21. The first-order chi connectivity index (χ1) is 8.98. The molecule has 2 saturated heterocycles. The number of nitrogens with zero attached hydrogens (tertiary/aromatic N) is 2. The minimum atomic E-state index is -4.28. The highest BCUT2D eigenvalue weighted by molar-refractivity contribution is 4.96. The molecule has 2 unspecified atom stereocenters. The minimum absolute atomic E-state index is 0.264. The van der Waals surface area contributed by atoms with Crippen LogP contribution in [0.3, 0.4) is 0 Å². The Labute approximate surface area is 108 Å². The summed E-state index contributed by atoms with van der Waals surface area (Å²) in [4.78, 5) is 3.84. The van der Waals surface area contributed by atoms with Crippen molar-refractivity contribution in [3.8, 4) is 0 Å². The Kier molecular flexibility index (Phi) is 3.24. The first kappa shape index (κ1) is 12.9. The molecule has 2 atom stereocenters. The molecule has 1 aromatic heterocycles. The van der Waals surface area contributed by atoms with Crippen molar-refractivity contribution in [3.63, 3.8) is 0 Å². The summed E-state index contributed by atoms with van der Waals surface area (Å²) in [5.74, 6) is 0.517. The van der Waals surface area contributed by atoms with Gasteiger partial charge >= 0.3 is 6.18 Å².